The van der Waals surface area contributed by atoms with Gasteiger partial charge in [-0.25, -0.2) is 18.0 Å². The van der Waals surface area contributed by atoms with Gasteiger partial charge in [0.2, 0.25) is 0 Å². The van der Waals surface area contributed by atoms with E-state index in [-0.39, 0.29) is 23.0 Å². The predicted molar refractivity (Wildman–Crippen MR) is 123 cm³/mol. The average Bonchev–Trinajstić information content (AvgIpc) is 3.28. The number of aromatic nitrogens is 3. The van der Waals surface area contributed by atoms with Gasteiger partial charge in [0.25, 0.3) is 0 Å². The lowest BCUT2D eigenvalue weighted by Gasteiger charge is -2.12. The molecule has 2 N–H and O–H groups in total. The molecular weight excluding hydrogens is 460 g/mol. The quantitative estimate of drug-likeness (QED) is 0.344. The van der Waals surface area contributed by atoms with E-state index >= 15 is 0 Å². The second kappa shape index (κ2) is 9.12. The Labute approximate surface area is 195 Å². The second-order valence-corrected chi connectivity index (χ2v) is 8.83. The Bertz CT molecular complexity index is 1510. The molecule has 5 aromatic rings. The van der Waals surface area contributed by atoms with Crippen LogP contribution in [0.15, 0.2) is 88.9 Å². The van der Waals surface area contributed by atoms with Crippen molar-refractivity contribution in [1.29, 1.82) is 0 Å². The van der Waals surface area contributed by atoms with Crippen molar-refractivity contribution < 1.29 is 22.8 Å². The van der Waals surface area contributed by atoms with Crippen LogP contribution in [0.1, 0.15) is 5.56 Å². The third-order valence-corrected chi connectivity index (χ3v) is 6.55. The van der Waals surface area contributed by atoms with Crippen LogP contribution in [0.5, 0.6) is 11.5 Å². The highest BCUT2D eigenvalue weighted by atomic mass is 32.2. The average molecular weight is 477 g/mol. The molecular formula is C25H17F2N3O3S. The maximum Gasteiger partial charge on any atom is 0.168 e. The molecule has 34 heavy (non-hydrogen) atoms. The summed E-state index contributed by atoms with van der Waals surface area (Å²) in [5, 5.41) is 9.26. The van der Waals surface area contributed by atoms with Gasteiger partial charge in [-0.05, 0) is 35.9 Å². The molecule has 0 aliphatic rings. The van der Waals surface area contributed by atoms with Crippen molar-refractivity contribution in [1.82, 2.24) is 15.0 Å². The minimum Gasteiger partial charge on any atom is -0.453 e. The van der Waals surface area contributed by atoms with Crippen molar-refractivity contribution in [2.75, 3.05) is 0 Å². The Morgan fingerprint density at radius 3 is 2.41 bits per heavy atom. The molecule has 0 spiro atoms. The van der Waals surface area contributed by atoms with Gasteiger partial charge in [-0.2, -0.15) is 0 Å². The van der Waals surface area contributed by atoms with Crippen molar-refractivity contribution in [2.24, 2.45) is 0 Å². The first kappa shape index (κ1) is 21.9. The number of rotatable bonds is 6. The van der Waals surface area contributed by atoms with Crippen LogP contribution < -0.4 is 4.74 Å². The lowest BCUT2D eigenvalue weighted by Crippen LogP contribution is -1.98. The lowest BCUT2D eigenvalue weighted by molar-refractivity contribution is 0.282. The van der Waals surface area contributed by atoms with Gasteiger partial charge in [0.15, 0.2) is 11.6 Å². The monoisotopic (exact) mass is 477 g/mol. The van der Waals surface area contributed by atoms with Crippen LogP contribution in [-0.4, -0.2) is 24.3 Å². The number of fused-ring (bicyclic) bond motifs is 1. The normalized spacial score (nSPS) is 12.1. The van der Waals surface area contributed by atoms with Gasteiger partial charge in [0.05, 0.1) is 33.3 Å². The number of hydrogen-bond donors (Lipinski definition) is 2. The molecule has 0 amide bonds. The molecule has 1 unspecified atom stereocenters. The molecule has 0 aliphatic carbocycles. The zero-order chi connectivity index (χ0) is 23.7. The van der Waals surface area contributed by atoms with Crippen LogP contribution in [0.3, 0.4) is 0 Å². The van der Waals surface area contributed by atoms with Gasteiger partial charge in [-0.1, -0.05) is 24.3 Å². The molecule has 5 rings (SSSR count). The summed E-state index contributed by atoms with van der Waals surface area (Å²) in [7, 11) is -1.68. The third kappa shape index (κ3) is 4.30. The van der Waals surface area contributed by atoms with Crippen molar-refractivity contribution in [3.63, 3.8) is 0 Å². The molecule has 170 valence electrons. The molecule has 3 aromatic carbocycles. The van der Waals surface area contributed by atoms with Gasteiger partial charge < -0.3 is 14.8 Å². The van der Waals surface area contributed by atoms with E-state index in [2.05, 4.69) is 15.0 Å². The molecule has 0 fully saturated rings. The molecule has 0 saturated heterocycles. The number of ether oxygens (including phenoxy) is 1. The zero-order valence-corrected chi connectivity index (χ0v) is 18.4. The van der Waals surface area contributed by atoms with Crippen molar-refractivity contribution in [2.45, 2.75) is 16.4 Å². The minimum absolute atomic E-state index is 0.0643. The van der Waals surface area contributed by atoms with Crippen LogP contribution in [0.2, 0.25) is 0 Å². The standard InChI is InChI=1S/C25H17F2N3O3S/c26-17-5-6-22(19(27)11-17)33-23-12-20-21(13-24(23)34(32)18-7-9-28-10-8-18)30-25(29-20)16-3-1-15(14-31)2-4-16/h1-13,31H,14H2,(H,29,30). The summed E-state index contributed by atoms with van der Waals surface area (Å²) in [6, 6.07) is 16.6. The fraction of sp³-hybridized carbons (Fsp3) is 0.0400. The Balaban J connectivity index is 1.62. The summed E-state index contributed by atoms with van der Waals surface area (Å²) in [4.78, 5) is 12.5. The molecule has 9 heteroatoms. The Morgan fingerprint density at radius 1 is 0.941 bits per heavy atom. The number of H-pyrrole nitrogens is 1. The first-order valence-corrected chi connectivity index (χ1v) is 11.4. The Kier molecular flexibility index (Phi) is 5.87. The number of aliphatic hydroxyl groups is 1. The van der Waals surface area contributed by atoms with Crippen LogP contribution >= 0.6 is 0 Å². The molecule has 0 saturated carbocycles. The first-order valence-electron chi connectivity index (χ1n) is 10.2. The van der Waals surface area contributed by atoms with Crippen LogP contribution in [0.25, 0.3) is 22.4 Å². The molecule has 0 radical (unpaired) electrons. The maximum atomic E-state index is 14.3. The van der Waals surface area contributed by atoms with E-state index in [9.17, 15) is 18.1 Å². The molecule has 6 nitrogen and oxygen atoms in total. The van der Waals surface area contributed by atoms with E-state index in [1.807, 2.05) is 12.1 Å². The number of imidazole rings is 1. The van der Waals surface area contributed by atoms with Gasteiger partial charge >= 0.3 is 0 Å². The number of aliphatic hydroxyl groups excluding tert-OH is 1. The van der Waals surface area contributed by atoms with E-state index in [4.69, 9.17) is 4.74 Å². The predicted octanol–water partition coefficient (Wildman–Crippen LogP) is 5.35. The highest BCUT2D eigenvalue weighted by molar-refractivity contribution is 7.85. The van der Waals surface area contributed by atoms with Gasteiger partial charge in [0, 0.05) is 35.0 Å². The molecule has 0 bridgehead atoms. The van der Waals surface area contributed by atoms with Gasteiger partial charge in [-0.3, -0.25) is 4.98 Å². The van der Waals surface area contributed by atoms with Crippen molar-refractivity contribution in [3.8, 4) is 22.9 Å². The first-order chi connectivity index (χ1) is 16.5. The lowest BCUT2D eigenvalue weighted by atomic mass is 10.1. The SMILES string of the molecule is O=S(c1ccncc1)c1cc2[nH]c(-c3ccc(CO)cc3)nc2cc1Oc1ccc(F)cc1F. The summed E-state index contributed by atoms with van der Waals surface area (Å²) >= 11 is 0. The number of pyridine rings is 1. The number of nitrogens with one attached hydrogen (secondary N) is 1. The largest absolute Gasteiger partial charge is 0.453 e. The highest BCUT2D eigenvalue weighted by Crippen LogP contribution is 2.35. The van der Waals surface area contributed by atoms with E-state index < -0.39 is 22.4 Å². The smallest absolute Gasteiger partial charge is 0.168 e. The zero-order valence-electron chi connectivity index (χ0n) is 17.5. The van der Waals surface area contributed by atoms with E-state index in [1.54, 1.807) is 36.4 Å². The number of halogens is 2. The number of hydrogen-bond acceptors (Lipinski definition) is 5. The Hall–Kier alpha value is -3.95. The van der Waals surface area contributed by atoms with Gasteiger partial charge in [-0.15, -0.1) is 0 Å². The minimum atomic E-state index is -1.68. The topological polar surface area (TPSA) is 88.1 Å². The molecule has 1 atom stereocenters. The highest BCUT2D eigenvalue weighted by Gasteiger charge is 2.19. The molecule has 2 aromatic heterocycles. The Morgan fingerprint density at radius 2 is 1.71 bits per heavy atom. The maximum absolute atomic E-state index is 14.3. The molecule has 0 aliphatic heterocycles. The van der Waals surface area contributed by atoms with E-state index in [1.165, 1.54) is 18.5 Å². The number of aromatic amines is 1. The van der Waals surface area contributed by atoms with Crippen LogP contribution in [-0.2, 0) is 17.4 Å². The summed E-state index contributed by atoms with van der Waals surface area (Å²) in [6.45, 7) is -0.0643. The third-order valence-electron chi connectivity index (χ3n) is 5.13. The second-order valence-electron chi connectivity index (χ2n) is 7.38. The molecule has 2 heterocycles. The van der Waals surface area contributed by atoms with Crippen molar-refractivity contribution >= 4 is 21.8 Å². The fourth-order valence-electron chi connectivity index (χ4n) is 3.41. The summed E-state index contributed by atoms with van der Waals surface area (Å²) < 4.78 is 46.8. The van der Waals surface area contributed by atoms with E-state index in [0.29, 0.717) is 21.8 Å². The van der Waals surface area contributed by atoms with Gasteiger partial charge in [0.1, 0.15) is 17.4 Å². The summed E-state index contributed by atoms with van der Waals surface area (Å²) in [6.07, 6.45) is 3.05. The fourth-order valence-corrected chi connectivity index (χ4v) is 4.54. The van der Waals surface area contributed by atoms with Crippen molar-refractivity contribution in [3.05, 3.63) is 96.3 Å². The van der Waals surface area contributed by atoms with Crippen LogP contribution in [0, 0.1) is 11.6 Å². The van der Waals surface area contributed by atoms with Crippen LogP contribution in [0.4, 0.5) is 8.78 Å². The summed E-state index contributed by atoms with van der Waals surface area (Å²) in [5.41, 5.74) is 2.67. The summed E-state index contributed by atoms with van der Waals surface area (Å²) in [5.74, 6) is -1.13. The number of nitrogens with zero attached hydrogens (tertiary/aromatic N) is 2. The van der Waals surface area contributed by atoms with E-state index in [0.717, 1.165) is 23.3 Å². The number of benzene rings is 3.